The van der Waals surface area contributed by atoms with Crippen molar-refractivity contribution in [2.24, 2.45) is 5.84 Å². The zero-order valence-electron chi connectivity index (χ0n) is 11.4. The van der Waals surface area contributed by atoms with E-state index in [-0.39, 0.29) is 0 Å². The smallest absolute Gasteiger partial charge is 0.158 e. The number of rotatable bonds is 6. The number of hydrazine groups is 1. The highest BCUT2D eigenvalue weighted by atomic mass is 35.5. The van der Waals surface area contributed by atoms with Gasteiger partial charge in [-0.25, -0.2) is 15.8 Å². The lowest BCUT2D eigenvalue weighted by molar-refractivity contribution is 0.128. The fourth-order valence-corrected chi connectivity index (χ4v) is 2.19. The lowest BCUT2D eigenvalue weighted by Gasteiger charge is -2.10. The first-order valence-corrected chi connectivity index (χ1v) is 7.01. The molecule has 0 fully saturated rings. The number of hydrogen-bond acceptors (Lipinski definition) is 6. The summed E-state index contributed by atoms with van der Waals surface area (Å²) in [5.74, 6) is 6.97. The number of aromatic nitrogens is 2. The number of benzene rings is 1. The van der Waals surface area contributed by atoms with Crippen LogP contribution in [0.15, 0.2) is 24.3 Å². The Kier molecular flexibility index (Phi) is 5.58. The number of ether oxygens (including phenoxy) is 1. The Balaban J connectivity index is 2.25. The number of nitrogens with two attached hydrogens (primary N) is 1. The van der Waals surface area contributed by atoms with Crippen LogP contribution in [0, 0.1) is 0 Å². The van der Waals surface area contributed by atoms with E-state index in [1.807, 2.05) is 6.92 Å². The summed E-state index contributed by atoms with van der Waals surface area (Å²) in [7, 11) is 0. The molecular formula is C13H15Cl2N5O. The fraction of sp³-hybridized carbons (Fsp3) is 0.231. The average molecular weight is 328 g/mol. The molecule has 1 aromatic heterocycles. The molecule has 2 aromatic rings. The number of halogens is 2. The van der Waals surface area contributed by atoms with Crippen LogP contribution in [0.1, 0.15) is 12.7 Å². The molecule has 0 amide bonds. The second-order valence-electron chi connectivity index (χ2n) is 4.12. The number of hydrogen-bond donors (Lipinski definition) is 3. The molecule has 0 bridgehead atoms. The van der Waals surface area contributed by atoms with Crippen molar-refractivity contribution in [3.8, 4) is 0 Å². The van der Waals surface area contributed by atoms with E-state index in [2.05, 4.69) is 20.7 Å². The minimum absolute atomic E-state index is 0.303. The molecule has 0 aliphatic carbocycles. The van der Waals surface area contributed by atoms with Gasteiger partial charge in [-0.3, -0.25) is 0 Å². The van der Waals surface area contributed by atoms with Gasteiger partial charge in [-0.2, -0.15) is 0 Å². The van der Waals surface area contributed by atoms with E-state index in [4.69, 9.17) is 33.8 Å². The largest absolute Gasteiger partial charge is 0.374 e. The quantitative estimate of drug-likeness (QED) is 0.557. The highest BCUT2D eigenvalue weighted by Crippen LogP contribution is 2.25. The summed E-state index contributed by atoms with van der Waals surface area (Å²) in [6.45, 7) is 2.78. The highest BCUT2D eigenvalue weighted by molar-refractivity contribution is 6.35. The molecule has 8 heteroatoms. The lowest BCUT2D eigenvalue weighted by atomic mass is 10.3. The normalized spacial score (nSPS) is 10.5. The summed E-state index contributed by atoms with van der Waals surface area (Å²) in [6.07, 6.45) is 0. The molecule has 6 nitrogen and oxygen atoms in total. The molecule has 21 heavy (non-hydrogen) atoms. The SMILES string of the molecule is CCOCc1nc(NN)cc(Nc2cc(Cl)cc(Cl)c2)n1. The van der Waals surface area contributed by atoms with Gasteiger partial charge in [0.2, 0.25) is 0 Å². The monoisotopic (exact) mass is 327 g/mol. The second-order valence-corrected chi connectivity index (χ2v) is 4.99. The standard InChI is InChI=1S/C13H15Cl2N5O/c1-2-21-7-13-18-11(6-12(19-13)20-16)17-10-4-8(14)3-9(15)5-10/h3-6H,2,7,16H2,1H3,(H2,17,18,19,20). The van der Waals surface area contributed by atoms with Gasteiger partial charge in [0.05, 0.1) is 0 Å². The van der Waals surface area contributed by atoms with Gasteiger partial charge in [0.25, 0.3) is 0 Å². The number of nitrogen functional groups attached to an aromatic ring is 1. The summed E-state index contributed by atoms with van der Waals surface area (Å²) in [5.41, 5.74) is 3.21. The predicted molar refractivity (Wildman–Crippen MR) is 84.9 cm³/mol. The minimum Gasteiger partial charge on any atom is -0.374 e. The van der Waals surface area contributed by atoms with Crippen molar-refractivity contribution in [3.05, 3.63) is 40.1 Å². The molecule has 2 rings (SSSR count). The van der Waals surface area contributed by atoms with Gasteiger partial charge in [0, 0.05) is 28.4 Å². The number of nitrogens with one attached hydrogen (secondary N) is 2. The molecule has 0 saturated carbocycles. The summed E-state index contributed by atoms with van der Waals surface area (Å²) >= 11 is 11.9. The molecule has 1 aromatic carbocycles. The van der Waals surface area contributed by atoms with Crippen molar-refractivity contribution < 1.29 is 4.74 Å². The Hall–Kier alpha value is -1.60. The van der Waals surface area contributed by atoms with Gasteiger partial charge in [-0.15, -0.1) is 0 Å². The predicted octanol–water partition coefficient (Wildman–Crippen LogP) is 3.35. The summed E-state index contributed by atoms with van der Waals surface area (Å²) in [6, 6.07) is 6.81. The van der Waals surface area contributed by atoms with Gasteiger partial charge in [0.1, 0.15) is 18.2 Å². The molecule has 0 radical (unpaired) electrons. The molecule has 112 valence electrons. The van der Waals surface area contributed by atoms with Crippen molar-refractivity contribution in [2.75, 3.05) is 17.3 Å². The lowest BCUT2D eigenvalue weighted by Crippen LogP contribution is -2.12. The Bertz CT molecular complexity index is 603. The maximum absolute atomic E-state index is 5.97. The number of anilines is 3. The van der Waals surface area contributed by atoms with E-state index in [1.165, 1.54) is 0 Å². The van der Waals surface area contributed by atoms with Gasteiger partial charge in [-0.1, -0.05) is 23.2 Å². The molecule has 0 aliphatic heterocycles. The first kappa shape index (κ1) is 15.8. The van der Waals surface area contributed by atoms with Crippen LogP contribution in [-0.2, 0) is 11.3 Å². The molecular weight excluding hydrogens is 313 g/mol. The van der Waals surface area contributed by atoms with Crippen LogP contribution in [-0.4, -0.2) is 16.6 Å². The van der Waals surface area contributed by atoms with Crippen LogP contribution in [0.2, 0.25) is 10.0 Å². The molecule has 0 saturated heterocycles. The molecule has 0 spiro atoms. The van der Waals surface area contributed by atoms with Crippen LogP contribution in [0.4, 0.5) is 17.3 Å². The fourth-order valence-electron chi connectivity index (χ4n) is 1.67. The molecule has 0 atom stereocenters. The third-order valence-electron chi connectivity index (χ3n) is 2.49. The Morgan fingerprint density at radius 3 is 2.38 bits per heavy atom. The zero-order valence-corrected chi connectivity index (χ0v) is 12.9. The van der Waals surface area contributed by atoms with E-state index in [1.54, 1.807) is 24.3 Å². The average Bonchev–Trinajstić information content (AvgIpc) is 2.43. The van der Waals surface area contributed by atoms with E-state index in [0.717, 1.165) is 5.69 Å². The zero-order chi connectivity index (χ0) is 15.2. The topological polar surface area (TPSA) is 85.1 Å². The minimum atomic E-state index is 0.303. The summed E-state index contributed by atoms with van der Waals surface area (Å²) in [5, 5.41) is 4.17. The molecule has 0 aliphatic rings. The van der Waals surface area contributed by atoms with Crippen molar-refractivity contribution >= 4 is 40.5 Å². The first-order valence-electron chi connectivity index (χ1n) is 6.26. The van der Waals surface area contributed by atoms with Crippen LogP contribution < -0.4 is 16.6 Å². The number of nitrogens with zero attached hydrogens (tertiary/aromatic N) is 2. The van der Waals surface area contributed by atoms with Gasteiger partial charge in [0.15, 0.2) is 5.82 Å². The van der Waals surface area contributed by atoms with Gasteiger partial charge < -0.3 is 15.5 Å². The maximum atomic E-state index is 5.97. The highest BCUT2D eigenvalue weighted by Gasteiger charge is 2.06. The van der Waals surface area contributed by atoms with Crippen LogP contribution in [0.3, 0.4) is 0 Å². The summed E-state index contributed by atoms with van der Waals surface area (Å²) < 4.78 is 5.30. The Morgan fingerprint density at radius 2 is 1.76 bits per heavy atom. The van der Waals surface area contributed by atoms with Gasteiger partial charge >= 0.3 is 0 Å². The third kappa shape index (κ3) is 4.71. The molecule has 4 N–H and O–H groups in total. The van der Waals surface area contributed by atoms with Crippen LogP contribution in [0.5, 0.6) is 0 Å². The van der Waals surface area contributed by atoms with Crippen molar-refractivity contribution in [1.82, 2.24) is 9.97 Å². The Labute approximate surface area is 132 Å². The second kappa shape index (κ2) is 7.42. The van der Waals surface area contributed by atoms with Crippen LogP contribution >= 0.6 is 23.2 Å². The van der Waals surface area contributed by atoms with Crippen molar-refractivity contribution in [3.63, 3.8) is 0 Å². The van der Waals surface area contributed by atoms with Crippen molar-refractivity contribution in [2.45, 2.75) is 13.5 Å². The summed E-state index contributed by atoms with van der Waals surface area (Å²) in [4.78, 5) is 8.55. The Morgan fingerprint density at radius 1 is 1.10 bits per heavy atom. The van der Waals surface area contributed by atoms with E-state index < -0.39 is 0 Å². The van der Waals surface area contributed by atoms with E-state index in [9.17, 15) is 0 Å². The van der Waals surface area contributed by atoms with Crippen molar-refractivity contribution in [1.29, 1.82) is 0 Å². The molecule has 0 unspecified atom stereocenters. The molecule has 1 heterocycles. The van der Waals surface area contributed by atoms with E-state index >= 15 is 0 Å². The third-order valence-corrected chi connectivity index (χ3v) is 2.93. The first-order chi connectivity index (χ1) is 10.1. The maximum Gasteiger partial charge on any atom is 0.158 e. The van der Waals surface area contributed by atoms with Gasteiger partial charge in [-0.05, 0) is 25.1 Å². The van der Waals surface area contributed by atoms with Crippen LogP contribution in [0.25, 0.3) is 0 Å². The van der Waals surface area contributed by atoms with E-state index in [0.29, 0.717) is 40.7 Å².